The van der Waals surface area contributed by atoms with E-state index in [9.17, 15) is 0 Å². The maximum absolute atomic E-state index is 8.82. The van der Waals surface area contributed by atoms with Gasteiger partial charge in [-0.05, 0) is 43.5 Å². The number of rotatable bonds is 8. The summed E-state index contributed by atoms with van der Waals surface area (Å²) in [5, 5.41) is 10.9. The first-order valence-electron chi connectivity index (χ1n) is 11.5. The summed E-state index contributed by atoms with van der Waals surface area (Å²) >= 11 is 0. The normalized spacial score (nSPS) is 15.3. The number of hydrogen-bond acceptors (Lipinski definition) is 7. The molecule has 190 valence electrons. The second-order valence-corrected chi connectivity index (χ2v) is 7.98. The first-order valence-corrected chi connectivity index (χ1v) is 11.5. The average Bonchev–Trinajstić information content (AvgIpc) is 3.48. The number of hydrogen-bond donors (Lipinski definition) is 1. The third kappa shape index (κ3) is 6.85. The molecule has 0 spiro atoms. The molecule has 4 aromatic rings. The number of aromatic nitrogens is 4. The molecule has 0 aromatic carbocycles. The molecule has 0 bridgehead atoms. The third-order valence-corrected chi connectivity index (χ3v) is 5.74. The van der Waals surface area contributed by atoms with Crippen molar-refractivity contribution >= 4 is 34.5 Å². The molecule has 5 heterocycles. The summed E-state index contributed by atoms with van der Waals surface area (Å²) in [6.45, 7) is 2.93. The molecular weight excluding hydrogens is 472 g/mol. The van der Waals surface area contributed by atoms with Crippen LogP contribution >= 0.6 is 12.4 Å². The monoisotopic (exact) mass is 504 g/mol. The smallest absolute Gasteiger partial charge is 0.157 e. The van der Waals surface area contributed by atoms with Gasteiger partial charge in [-0.2, -0.15) is 0 Å². The lowest BCUT2D eigenvalue weighted by atomic mass is 10.2. The molecule has 0 radical (unpaired) electrons. The van der Waals surface area contributed by atoms with E-state index in [1.165, 1.54) is 6.42 Å². The Morgan fingerprint density at radius 2 is 1.54 bits per heavy atom. The van der Waals surface area contributed by atoms with E-state index >= 15 is 0 Å². The first kappa shape index (κ1) is 26.7. The van der Waals surface area contributed by atoms with Crippen molar-refractivity contribution in [2.45, 2.75) is 38.6 Å². The van der Waals surface area contributed by atoms with Crippen LogP contribution in [0.2, 0.25) is 0 Å². The topological polar surface area (TPSA) is 92.8 Å². The fourth-order valence-corrected chi connectivity index (χ4v) is 3.93. The van der Waals surface area contributed by atoms with Gasteiger partial charge in [-0.3, -0.25) is 0 Å². The molecule has 1 unspecified atom stereocenters. The molecule has 1 atom stereocenters. The van der Waals surface area contributed by atoms with Crippen LogP contribution in [0.1, 0.15) is 19.3 Å². The van der Waals surface area contributed by atoms with Crippen molar-refractivity contribution in [1.82, 2.24) is 19.1 Å². The van der Waals surface area contributed by atoms with Crippen molar-refractivity contribution in [3.8, 4) is 11.5 Å². The van der Waals surface area contributed by atoms with Crippen molar-refractivity contribution in [1.29, 1.82) is 0 Å². The van der Waals surface area contributed by atoms with Gasteiger partial charge in [0, 0.05) is 42.9 Å². The van der Waals surface area contributed by atoms with Gasteiger partial charge in [0.05, 0.1) is 39.8 Å². The summed E-state index contributed by atoms with van der Waals surface area (Å²) in [6.07, 6.45) is 10.7. The predicted molar refractivity (Wildman–Crippen MR) is 136 cm³/mol. The van der Waals surface area contributed by atoms with Crippen LogP contribution in [0.25, 0.3) is 22.1 Å². The van der Waals surface area contributed by atoms with E-state index in [1.807, 2.05) is 41.2 Å². The number of fused-ring (bicyclic) bond motifs is 2. The highest BCUT2D eigenvalue weighted by molar-refractivity contribution is 5.85. The predicted octanol–water partition coefficient (Wildman–Crippen LogP) is 4.05. The Labute approximate surface area is 211 Å². The number of pyridine rings is 2. The Bertz CT molecular complexity index is 1190. The number of methoxy groups -OCH3 is 2. The molecule has 1 fully saturated rings. The molecule has 1 aliphatic rings. The summed E-state index contributed by atoms with van der Waals surface area (Å²) in [4.78, 5) is 8.69. The minimum Gasteiger partial charge on any atom is -0.495 e. The van der Waals surface area contributed by atoms with Crippen molar-refractivity contribution in [3.63, 3.8) is 0 Å². The molecule has 35 heavy (non-hydrogen) atoms. The third-order valence-electron chi connectivity index (χ3n) is 5.74. The lowest BCUT2D eigenvalue weighted by molar-refractivity contribution is -0.163. The van der Waals surface area contributed by atoms with E-state index in [0.717, 1.165) is 59.6 Å². The molecule has 1 saturated heterocycles. The molecule has 5 rings (SSSR count). The Hall–Kier alpha value is -2.85. The highest BCUT2D eigenvalue weighted by Gasteiger charge is 2.14. The highest BCUT2D eigenvalue weighted by Crippen LogP contribution is 2.20. The van der Waals surface area contributed by atoms with E-state index in [-0.39, 0.29) is 25.3 Å². The fourth-order valence-electron chi connectivity index (χ4n) is 3.93. The molecule has 1 N–H and O–H groups in total. The molecule has 9 nitrogen and oxygen atoms in total. The number of nitrogens with zero attached hydrogens (tertiary/aromatic N) is 4. The van der Waals surface area contributed by atoms with E-state index in [1.54, 1.807) is 26.6 Å². The fraction of sp³-hybridized carbons (Fsp3) is 0.440. The first-order chi connectivity index (χ1) is 16.7. The summed E-state index contributed by atoms with van der Waals surface area (Å²) in [6, 6.07) is 7.92. The lowest BCUT2D eigenvalue weighted by Crippen LogP contribution is -2.23. The zero-order chi connectivity index (χ0) is 23.8. The van der Waals surface area contributed by atoms with Crippen LogP contribution in [0.4, 0.5) is 0 Å². The molecule has 4 aromatic heterocycles. The lowest BCUT2D eigenvalue weighted by Gasteiger charge is -2.22. The number of ether oxygens (including phenoxy) is 4. The van der Waals surface area contributed by atoms with E-state index in [4.69, 9.17) is 24.1 Å². The Morgan fingerprint density at radius 1 is 0.943 bits per heavy atom. The Balaban J connectivity index is 0.000000202. The van der Waals surface area contributed by atoms with Crippen molar-refractivity contribution in [2.24, 2.45) is 0 Å². The highest BCUT2D eigenvalue weighted by atomic mass is 35.5. The van der Waals surface area contributed by atoms with E-state index in [0.29, 0.717) is 13.2 Å². The minimum atomic E-state index is -0.0290. The summed E-state index contributed by atoms with van der Waals surface area (Å²) in [5.74, 6) is 1.53. The molecule has 0 saturated carbocycles. The second-order valence-electron chi connectivity index (χ2n) is 7.98. The number of aliphatic hydroxyl groups excluding tert-OH is 1. The van der Waals surface area contributed by atoms with Gasteiger partial charge >= 0.3 is 0 Å². The Kier molecular flexibility index (Phi) is 10.2. The van der Waals surface area contributed by atoms with Crippen LogP contribution in [0.3, 0.4) is 0 Å². The molecule has 1 aliphatic heterocycles. The maximum atomic E-state index is 8.82. The van der Waals surface area contributed by atoms with Gasteiger partial charge < -0.3 is 33.2 Å². The van der Waals surface area contributed by atoms with Crippen molar-refractivity contribution in [3.05, 3.63) is 49.1 Å². The van der Waals surface area contributed by atoms with Gasteiger partial charge in [0.1, 0.15) is 22.8 Å². The zero-order valence-corrected chi connectivity index (χ0v) is 20.9. The van der Waals surface area contributed by atoms with Gasteiger partial charge in [0.2, 0.25) is 0 Å². The van der Waals surface area contributed by atoms with Gasteiger partial charge in [-0.15, -0.1) is 12.4 Å². The maximum Gasteiger partial charge on any atom is 0.157 e. The van der Waals surface area contributed by atoms with Crippen LogP contribution in [0.5, 0.6) is 11.5 Å². The molecular formula is C25H33ClN4O5. The second kappa shape index (κ2) is 13.3. The van der Waals surface area contributed by atoms with Gasteiger partial charge in [-0.1, -0.05) is 0 Å². The molecule has 0 amide bonds. The van der Waals surface area contributed by atoms with Crippen LogP contribution in [0, 0.1) is 0 Å². The SMILES string of the molecule is COc1cnc2c(ccn2CCO)c1.COc1cnc2c(ccn2CCOC2CCCCO2)c1.Cl. The number of halogens is 1. The van der Waals surface area contributed by atoms with Crippen molar-refractivity contribution in [2.75, 3.05) is 34.0 Å². The molecule has 0 aliphatic carbocycles. The summed E-state index contributed by atoms with van der Waals surface area (Å²) < 4.78 is 25.6. The van der Waals surface area contributed by atoms with Crippen LogP contribution in [-0.4, -0.2) is 64.5 Å². The zero-order valence-electron chi connectivity index (χ0n) is 20.1. The largest absolute Gasteiger partial charge is 0.495 e. The minimum absolute atomic E-state index is 0. The number of aliphatic hydroxyl groups is 1. The average molecular weight is 505 g/mol. The Morgan fingerprint density at radius 3 is 2.06 bits per heavy atom. The van der Waals surface area contributed by atoms with Gasteiger partial charge in [-0.25, -0.2) is 9.97 Å². The molecule has 10 heteroatoms. The van der Waals surface area contributed by atoms with E-state index in [2.05, 4.69) is 14.5 Å². The summed E-state index contributed by atoms with van der Waals surface area (Å²) in [7, 11) is 3.27. The van der Waals surface area contributed by atoms with Crippen LogP contribution in [0.15, 0.2) is 49.1 Å². The van der Waals surface area contributed by atoms with Crippen LogP contribution < -0.4 is 9.47 Å². The van der Waals surface area contributed by atoms with Crippen molar-refractivity contribution < 1.29 is 24.1 Å². The van der Waals surface area contributed by atoms with E-state index < -0.39 is 0 Å². The standard InChI is InChI=1S/C15H20N2O3.C10H12N2O2.ClH/c1-18-13-10-12-5-6-17(15(12)16-11-13)7-9-20-14-4-2-3-8-19-14;1-14-9-6-8-2-3-12(4-5-13)10(8)11-7-9;/h5-6,10-11,14H,2-4,7-9H2,1H3;2-3,6-7,13H,4-5H2,1H3;1H. The van der Waals surface area contributed by atoms with Crippen LogP contribution in [-0.2, 0) is 22.6 Å². The summed E-state index contributed by atoms with van der Waals surface area (Å²) in [5.41, 5.74) is 1.83. The van der Waals surface area contributed by atoms with Gasteiger partial charge in [0.15, 0.2) is 6.29 Å². The van der Waals surface area contributed by atoms with Gasteiger partial charge in [0.25, 0.3) is 0 Å². The quantitative estimate of drug-likeness (QED) is 0.387.